The van der Waals surface area contributed by atoms with Crippen LogP contribution in [0.4, 0.5) is 0 Å². The van der Waals surface area contributed by atoms with Gasteiger partial charge >= 0.3 is 0 Å². The molecule has 0 N–H and O–H groups in total. The van der Waals surface area contributed by atoms with Crippen LogP contribution in [0.15, 0.2) is 0 Å². The van der Waals surface area contributed by atoms with Crippen LogP contribution in [0.3, 0.4) is 0 Å². The molecule has 0 heterocycles. The van der Waals surface area contributed by atoms with Gasteiger partial charge in [0.25, 0.3) is 0 Å². The molecule has 1 rings (SSSR count). The highest BCUT2D eigenvalue weighted by atomic mass is 16.1. The Labute approximate surface area is 47.9 Å². The molecule has 0 spiro atoms. The van der Waals surface area contributed by atoms with Crippen molar-refractivity contribution < 1.29 is 9.59 Å². The fourth-order valence-electron chi connectivity index (χ4n) is 0.735. The van der Waals surface area contributed by atoms with Gasteiger partial charge in [0.1, 0.15) is 12.1 Å². The van der Waals surface area contributed by atoms with Crippen molar-refractivity contribution in [3.05, 3.63) is 6.92 Å². The highest BCUT2D eigenvalue weighted by Gasteiger charge is 2.40. The van der Waals surface area contributed by atoms with E-state index in [0.29, 0.717) is 0 Å². The summed E-state index contributed by atoms with van der Waals surface area (Å²) in [6.07, 6.45) is 1.56. The van der Waals surface area contributed by atoms with E-state index in [1.165, 1.54) is 0 Å². The average molecular weight is 111 g/mol. The Morgan fingerprint density at radius 1 is 1.75 bits per heavy atom. The predicted molar refractivity (Wildman–Crippen MR) is 28.0 cm³/mol. The lowest BCUT2D eigenvalue weighted by Crippen LogP contribution is -1.95. The first-order chi connectivity index (χ1) is 3.75. The van der Waals surface area contributed by atoms with Crippen molar-refractivity contribution in [3.63, 3.8) is 0 Å². The van der Waals surface area contributed by atoms with Crippen LogP contribution in [0.5, 0.6) is 0 Å². The fraction of sp³-hybridized carbons (Fsp3) is 0.500. The molecule has 0 aromatic rings. The molecule has 2 unspecified atom stereocenters. The van der Waals surface area contributed by atoms with Crippen molar-refractivity contribution >= 4 is 12.1 Å². The van der Waals surface area contributed by atoms with Gasteiger partial charge in [0, 0.05) is 18.8 Å². The minimum atomic E-state index is -0.0953. The summed E-state index contributed by atoms with van der Waals surface area (Å²) in [6.45, 7) is 3.20. The second-order valence-electron chi connectivity index (χ2n) is 2.11. The number of hydrogen-bond donors (Lipinski definition) is 0. The van der Waals surface area contributed by atoms with Crippen LogP contribution in [0.2, 0.25) is 0 Å². The molecule has 1 aliphatic carbocycles. The summed E-state index contributed by atoms with van der Waals surface area (Å²) in [7, 11) is 0. The number of rotatable bonds is 2. The van der Waals surface area contributed by atoms with Crippen LogP contribution in [0, 0.1) is 18.8 Å². The van der Waals surface area contributed by atoms with E-state index in [4.69, 9.17) is 0 Å². The zero-order valence-corrected chi connectivity index (χ0v) is 4.46. The molecule has 0 saturated heterocycles. The van der Waals surface area contributed by atoms with E-state index < -0.39 is 0 Å². The zero-order valence-electron chi connectivity index (χ0n) is 4.46. The maximum atomic E-state index is 10.3. The fourth-order valence-corrected chi connectivity index (χ4v) is 0.735. The Morgan fingerprint density at radius 3 is 2.50 bits per heavy atom. The van der Waals surface area contributed by atoms with Crippen molar-refractivity contribution in [1.29, 1.82) is 0 Å². The third-order valence-corrected chi connectivity index (χ3v) is 1.43. The molecule has 0 aromatic carbocycles. The highest BCUT2D eigenvalue weighted by molar-refractivity contribution is 5.90. The molecule has 8 heavy (non-hydrogen) atoms. The molecular weight excluding hydrogens is 104 g/mol. The summed E-state index contributed by atoms with van der Waals surface area (Å²) in [5.74, 6) is -0.130. The smallest absolute Gasteiger partial charge is 0.137 e. The number of hydrogen-bond acceptors (Lipinski definition) is 2. The van der Waals surface area contributed by atoms with Crippen LogP contribution >= 0.6 is 0 Å². The van der Waals surface area contributed by atoms with Gasteiger partial charge in [0.2, 0.25) is 0 Å². The van der Waals surface area contributed by atoms with E-state index in [1.807, 2.05) is 0 Å². The van der Waals surface area contributed by atoms with Gasteiger partial charge in [-0.05, 0) is 6.42 Å². The second kappa shape index (κ2) is 1.69. The Morgan fingerprint density at radius 2 is 2.38 bits per heavy atom. The van der Waals surface area contributed by atoms with E-state index >= 15 is 0 Å². The molecule has 2 nitrogen and oxygen atoms in total. The molecule has 1 aliphatic rings. The van der Waals surface area contributed by atoms with Gasteiger partial charge in [-0.3, -0.25) is 4.79 Å². The van der Waals surface area contributed by atoms with Gasteiger partial charge in [-0.2, -0.15) is 0 Å². The summed E-state index contributed by atoms with van der Waals surface area (Å²) in [4.78, 5) is 20.2. The van der Waals surface area contributed by atoms with Crippen molar-refractivity contribution in [1.82, 2.24) is 0 Å². The van der Waals surface area contributed by atoms with Gasteiger partial charge in [0.05, 0.1) is 0 Å². The molecule has 0 aromatic heterocycles. The number of aldehydes is 1. The van der Waals surface area contributed by atoms with Gasteiger partial charge in [-0.25, -0.2) is 0 Å². The van der Waals surface area contributed by atoms with Crippen molar-refractivity contribution in [2.24, 2.45) is 11.8 Å². The third-order valence-electron chi connectivity index (χ3n) is 1.43. The normalized spacial score (nSPS) is 34.1. The zero-order chi connectivity index (χ0) is 6.15. The summed E-state index contributed by atoms with van der Waals surface area (Å²) in [5, 5.41) is 0. The van der Waals surface area contributed by atoms with Crippen LogP contribution in [-0.2, 0) is 9.59 Å². The predicted octanol–water partition coefficient (Wildman–Crippen LogP) is 0.225. The molecule has 43 valence electrons. The largest absolute Gasteiger partial charge is 0.303 e. The maximum Gasteiger partial charge on any atom is 0.137 e. The monoisotopic (exact) mass is 111 g/mol. The minimum absolute atomic E-state index is 0.000000000000000222. The summed E-state index contributed by atoms with van der Waals surface area (Å²) in [5.41, 5.74) is 0. The van der Waals surface area contributed by atoms with Crippen LogP contribution in [0.25, 0.3) is 0 Å². The third kappa shape index (κ3) is 0.782. The van der Waals surface area contributed by atoms with Crippen molar-refractivity contribution in [2.45, 2.75) is 6.42 Å². The molecule has 0 aliphatic heterocycles. The van der Waals surface area contributed by atoms with Gasteiger partial charge in [0.15, 0.2) is 0 Å². The number of carbonyl (C=O) groups excluding carboxylic acids is 2. The lowest BCUT2D eigenvalue weighted by atomic mass is 10.2. The Hall–Kier alpha value is -0.660. The van der Waals surface area contributed by atoms with E-state index in [9.17, 15) is 9.59 Å². The van der Waals surface area contributed by atoms with Crippen molar-refractivity contribution in [2.75, 3.05) is 0 Å². The van der Waals surface area contributed by atoms with Gasteiger partial charge < -0.3 is 4.79 Å². The lowest BCUT2D eigenvalue weighted by Gasteiger charge is -1.80. The average Bonchev–Trinajstić information content (AvgIpc) is 2.42. The Kier molecular flexibility index (Phi) is 1.16. The molecular formula is C6H7O2. The highest BCUT2D eigenvalue weighted by Crippen LogP contribution is 2.36. The van der Waals surface area contributed by atoms with Crippen LogP contribution < -0.4 is 0 Å². The van der Waals surface area contributed by atoms with Gasteiger partial charge in [-0.1, -0.05) is 0 Å². The second-order valence-corrected chi connectivity index (χ2v) is 2.11. The Balaban J connectivity index is 2.36. The first-order valence-corrected chi connectivity index (χ1v) is 2.57. The first-order valence-electron chi connectivity index (χ1n) is 2.57. The molecule has 1 fully saturated rings. The number of ketones is 1. The molecule has 0 bridgehead atoms. The first kappa shape index (κ1) is 5.48. The summed E-state index contributed by atoms with van der Waals surface area (Å²) < 4.78 is 0. The standard InChI is InChI=1S/C6H7O2/c1-4(8)6-2-5(6)3-7/h3,5-6H,1-2H2. The summed E-state index contributed by atoms with van der Waals surface area (Å²) in [6, 6.07) is 0. The van der Waals surface area contributed by atoms with Crippen LogP contribution in [0.1, 0.15) is 6.42 Å². The van der Waals surface area contributed by atoms with Crippen LogP contribution in [-0.4, -0.2) is 12.1 Å². The van der Waals surface area contributed by atoms with Gasteiger partial charge in [-0.15, -0.1) is 0 Å². The molecule has 1 radical (unpaired) electrons. The lowest BCUT2D eigenvalue weighted by molar-refractivity contribution is -0.118. The molecule has 2 heteroatoms. The molecule has 2 atom stereocenters. The Bertz CT molecular complexity index is 128. The van der Waals surface area contributed by atoms with E-state index in [0.717, 1.165) is 12.7 Å². The SMILES string of the molecule is [CH2]C(=O)C1CC1C=O. The minimum Gasteiger partial charge on any atom is -0.303 e. The van der Waals surface area contributed by atoms with E-state index in [1.54, 1.807) is 0 Å². The number of carbonyl (C=O) groups is 2. The maximum absolute atomic E-state index is 10.3. The van der Waals surface area contributed by atoms with E-state index in [2.05, 4.69) is 6.92 Å². The molecule has 1 saturated carbocycles. The molecule has 0 amide bonds. The summed E-state index contributed by atoms with van der Waals surface area (Å²) >= 11 is 0. The van der Waals surface area contributed by atoms with Crippen molar-refractivity contribution in [3.8, 4) is 0 Å². The van der Waals surface area contributed by atoms with E-state index in [-0.39, 0.29) is 17.6 Å². The topological polar surface area (TPSA) is 34.1 Å². The number of Topliss-reactive ketones (excluding diaryl/α,β-unsaturated/α-hetero) is 1. The quantitative estimate of drug-likeness (QED) is 0.478.